The molecule has 0 radical (unpaired) electrons. The van der Waals surface area contributed by atoms with Crippen LogP contribution in [-0.4, -0.2) is 0 Å². The Morgan fingerprint density at radius 1 is 0.333 bits per heavy atom. The zero-order chi connectivity index (χ0) is 27.6. The number of anilines is 3. The normalized spacial score (nSPS) is 11.8. The summed E-state index contributed by atoms with van der Waals surface area (Å²) in [7, 11) is 0. The standard InChI is InChI=1S/C40H25NS/c1-2-12-29-26(10-1)11-9-18-38(29)41(28-21-23-40-37(25-28)35-17-7-8-19-39(35)42-40)27-20-22-34-32-15-4-3-13-30(32)31-14-5-6-16-33(31)36(34)24-27/h1-25H. The van der Waals surface area contributed by atoms with Crippen LogP contribution in [0.4, 0.5) is 17.1 Å². The molecule has 0 amide bonds. The highest BCUT2D eigenvalue weighted by atomic mass is 32.1. The Labute approximate surface area is 247 Å². The second-order valence-corrected chi connectivity index (χ2v) is 12.0. The molecule has 42 heavy (non-hydrogen) atoms. The van der Waals surface area contributed by atoms with Gasteiger partial charge in [0, 0.05) is 36.9 Å². The minimum absolute atomic E-state index is 1.15. The Morgan fingerprint density at radius 2 is 0.833 bits per heavy atom. The second kappa shape index (κ2) is 9.17. The largest absolute Gasteiger partial charge is 0.310 e. The molecule has 1 heterocycles. The molecule has 8 aromatic carbocycles. The maximum absolute atomic E-state index is 2.44. The summed E-state index contributed by atoms with van der Waals surface area (Å²) in [6, 6.07) is 55.6. The highest BCUT2D eigenvalue weighted by Gasteiger charge is 2.18. The van der Waals surface area contributed by atoms with Gasteiger partial charge in [0.15, 0.2) is 0 Å². The molecule has 0 bridgehead atoms. The molecule has 0 unspecified atom stereocenters. The van der Waals surface area contributed by atoms with Gasteiger partial charge < -0.3 is 4.90 Å². The lowest BCUT2D eigenvalue weighted by atomic mass is 9.94. The Hall–Kier alpha value is -5.18. The van der Waals surface area contributed by atoms with Crippen LogP contribution in [0.2, 0.25) is 0 Å². The Morgan fingerprint density at radius 3 is 1.57 bits per heavy atom. The van der Waals surface area contributed by atoms with E-state index in [-0.39, 0.29) is 0 Å². The van der Waals surface area contributed by atoms with E-state index < -0.39 is 0 Å². The van der Waals surface area contributed by atoms with Crippen molar-refractivity contribution in [3.8, 4) is 0 Å². The minimum atomic E-state index is 1.15. The monoisotopic (exact) mass is 551 g/mol. The molecule has 0 aliphatic carbocycles. The van der Waals surface area contributed by atoms with Gasteiger partial charge in [-0.05, 0) is 80.2 Å². The van der Waals surface area contributed by atoms with Gasteiger partial charge in [-0.15, -0.1) is 11.3 Å². The predicted octanol–water partition coefficient (Wildman–Crippen LogP) is 12.1. The van der Waals surface area contributed by atoms with Gasteiger partial charge in [0.05, 0.1) is 5.69 Å². The summed E-state index contributed by atoms with van der Waals surface area (Å²) in [5.74, 6) is 0. The van der Waals surface area contributed by atoms with Gasteiger partial charge in [-0.2, -0.15) is 0 Å². The van der Waals surface area contributed by atoms with E-state index in [1.165, 1.54) is 68.9 Å². The highest BCUT2D eigenvalue weighted by Crippen LogP contribution is 2.44. The lowest BCUT2D eigenvalue weighted by Gasteiger charge is -2.27. The van der Waals surface area contributed by atoms with Crippen molar-refractivity contribution in [3.05, 3.63) is 152 Å². The van der Waals surface area contributed by atoms with Crippen molar-refractivity contribution in [2.24, 2.45) is 0 Å². The molecule has 0 aliphatic rings. The number of benzene rings is 8. The Kier molecular flexibility index (Phi) is 5.13. The van der Waals surface area contributed by atoms with Crippen LogP contribution in [0, 0.1) is 0 Å². The first kappa shape index (κ1) is 23.5. The second-order valence-electron chi connectivity index (χ2n) is 10.9. The van der Waals surface area contributed by atoms with Crippen LogP contribution in [-0.2, 0) is 0 Å². The topological polar surface area (TPSA) is 3.24 Å². The number of hydrogen-bond acceptors (Lipinski definition) is 2. The van der Waals surface area contributed by atoms with Crippen LogP contribution >= 0.6 is 11.3 Å². The summed E-state index contributed by atoms with van der Waals surface area (Å²) in [5, 5.41) is 12.8. The molecule has 0 N–H and O–H groups in total. The summed E-state index contributed by atoms with van der Waals surface area (Å²) in [4.78, 5) is 2.44. The van der Waals surface area contributed by atoms with Crippen molar-refractivity contribution in [1.29, 1.82) is 0 Å². The van der Waals surface area contributed by atoms with E-state index in [1.54, 1.807) is 0 Å². The van der Waals surface area contributed by atoms with E-state index >= 15 is 0 Å². The van der Waals surface area contributed by atoms with Gasteiger partial charge >= 0.3 is 0 Å². The van der Waals surface area contributed by atoms with E-state index in [2.05, 4.69) is 157 Å². The molecule has 9 rings (SSSR count). The Bertz CT molecular complexity index is 2450. The number of nitrogens with zero attached hydrogens (tertiary/aromatic N) is 1. The zero-order valence-corrected chi connectivity index (χ0v) is 23.6. The van der Waals surface area contributed by atoms with E-state index in [9.17, 15) is 0 Å². The van der Waals surface area contributed by atoms with Crippen LogP contribution in [0.25, 0.3) is 63.3 Å². The molecular weight excluding hydrogens is 527 g/mol. The van der Waals surface area contributed by atoms with Gasteiger partial charge in [0.2, 0.25) is 0 Å². The third kappa shape index (κ3) is 3.49. The molecule has 0 fully saturated rings. The molecule has 0 spiro atoms. The molecule has 9 aromatic rings. The molecule has 1 aromatic heterocycles. The fourth-order valence-corrected chi connectivity index (χ4v) is 7.80. The maximum Gasteiger partial charge on any atom is 0.0540 e. The predicted molar refractivity (Wildman–Crippen MR) is 184 cm³/mol. The van der Waals surface area contributed by atoms with Crippen LogP contribution in [0.1, 0.15) is 0 Å². The number of hydrogen-bond donors (Lipinski definition) is 0. The zero-order valence-electron chi connectivity index (χ0n) is 22.8. The molecule has 0 aliphatic heterocycles. The first-order valence-electron chi connectivity index (χ1n) is 14.4. The maximum atomic E-state index is 2.44. The molecule has 0 atom stereocenters. The Balaban J connectivity index is 1.37. The van der Waals surface area contributed by atoms with Crippen molar-refractivity contribution in [2.45, 2.75) is 0 Å². The third-order valence-electron chi connectivity index (χ3n) is 8.61. The summed E-state index contributed by atoms with van der Waals surface area (Å²) < 4.78 is 2.64. The molecule has 0 saturated heterocycles. The van der Waals surface area contributed by atoms with Crippen LogP contribution in [0.15, 0.2) is 152 Å². The quantitative estimate of drug-likeness (QED) is 0.197. The summed E-state index contributed by atoms with van der Waals surface area (Å²) in [6.45, 7) is 0. The lowest BCUT2D eigenvalue weighted by molar-refractivity contribution is 1.31. The van der Waals surface area contributed by atoms with Gasteiger partial charge in [-0.1, -0.05) is 109 Å². The molecule has 1 nitrogen and oxygen atoms in total. The number of thiophene rings is 1. The smallest absolute Gasteiger partial charge is 0.0540 e. The highest BCUT2D eigenvalue weighted by molar-refractivity contribution is 7.25. The van der Waals surface area contributed by atoms with Crippen molar-refractivity contribution in [1.82, 2.24) is 0 Å². The number of fused-ring (bicyclic) bond motifs is 10. The molecule has 2 heteroatoms. The van der Waals surface area contributed by atoms with Gasteiger partial charge in [0.25, 0.3) is 0 Å². The van der Waals surface area contributed by atoms with E-state index in [1.807, 2.05) is 11.3 Å². The molecule has 0 saturated carbocycles. The summed E-state index contributed by atoms with van der Waals surface area (Å²) >= 11 is 1.86. The average Bonchev–Trinajstić information content (AvgIpc) is 3.43. The van der Waals surface area contributed by atoms with Gasteiger partial charge in [-0.25, -0.2) is 0 Å². The molecule has 196 valence electrons. The molecular formula is C40H25NS. The first-order valence-corrected chi connectivity index (χ1v) is 15.2. The summed E-state index contributed by atoms with van der Waals surface area (Å²) in [5.41, 5.74) is 3.49. The van der Waals surface area contributed by atoms with Crippen LogP contribution < -0.4 is 4.90 Å². The fraction of sp³-hybridized carbons (Fsp3) is 0. The van der Waals surface area contributed by atoms with E-state index in [0.717, 1.165) is 11.4 Å². The van der Waals surface area contributed by atoms with Crippen LogP contribution in [0.3, 0.4) is 0 Å². The number of rotatable bonds is 3. The van der Waals surface area contributed by atoms with Crippen molar-refractivity contribution in [2.75, 3.05) is 4.90 Å². The minimum Gasteiger partial charge on any atom is -0.310 e. The average molecular weight is 552 g/mol. The van der Waals surface area contributed by atoms with Gasteiger partial charge in [-0.3, -0.25) is 0 Å². The fourth-order valence-electron chi connectivity index (χ4n) is 6.72. The summed E-state index contributed by atoms with van der Waals surface area (Å²) in [6.07, 6.45) is 0. The first-order chi connectivity index (χ1) is 20.8. The van der Waals surface area contributed by atoms with Crippen molar-refractivity contribution >= 4 is 91.7 Å². The van der Waals surface area contributed by atoms with E-state index in [4.69, 9.17) is 0 Å². The lowest BCUT2D eigenvalue weighted by Crippen LogP contribution is -2.10. The third-order valence-corrected chi connectivity index (χ3v) is 9.76. The SMILES string of the molecule is c1ccc2c(N(c3ccc4sc5ccccc5c4c3)c3ccc4c5ccccc5c5ccccc5c4c3)cccc2c1. The van der Waals surface area contributed by atoms with Crippen molar-refractivity contribution in [3.63, 3.8) is 0 Å². The van der Waals surface area contributed by atoms with Crippen molar-refractivity contribution < 1.29 is 0 Å². The van der Waals surface area contributed by atoms with Crippen LogP contribution in [0.5, 0.6) is 0 Å². The van der Waals surface area contributed by atoms with E-state index in [0.29, 0.717) is 0 Å². The van der Waals surface area contributed by atoms with Gasteiger partial charge in [0.1, 0.15) is 0 Å².